The Morgan fingerprint density at radius 2 is 2.29 bits per heavy atom. The van der Waals surface area contributed by atoms with Gasteiger partial charge in [-0.1, -0.05) is 0 Å². The molecule has 0 radical (unpaired) electrons. The Labute approximate surface area is 89.9 Å². The normalized spacial score (nSPS) is 13.5. The molecule has 0 amide bonds. The lowest BCUT2D eigenvalue weighted by Gasteiger charge is -2.12. The number of thiazole rings is 1. The molecule has 3 nitrogen and oxygen atoms in total. The van der Waals surface area contributed by atoms with Crippen LogP contribution in [-0.2, 0) is 0 Å². The number of hydrogen-bond donors (Lipinski definition) is 1. The molecule has 0 saturated carbocycles. The zero-order chi connectivity index (χ0) is 10.6. The van der Waals surface area contributed by atoms with Crippen molar-refractivity contribution < 1.29 is 0 Å². The molecule has 1 aromatic heterocycles. The standard InChI is InChI=1S/C10H19N3S/c1-8-12-10(7-14-8)9(11)5-4-6-13(2)3/h7,9H,4-6,11H2,1-3H3. The van der Waals surface area contributed by atoms with E-state index in [1.807, 2.05) is 6.92 Å². The van der Waals surface area contributed by atoms with E-state index < -0.39 is 0 Å². The summed E-state index contributed by atoms with van der Waals surface area (Å²) < 4.78 is 0. The van der Waals surface area contributed by atoms with Gasteiger partial charge in [0.25, 0.3) is 0 Å². The minimum absolute atomic E-state index is 0.111. The Balaban J connectivity index is 2.32. The molecule has 0 aliphatic heterocycles. The SMILES string of the molecule is Cc1nc(C(N)CCCN(C)C)cs1. The average Bonchev–Trinajstić information content (AvgIpc) is 2.51. The van der Waals surface area contributed by atoms with Gasteiger partial charge in [0.15, 0.2) is 0 Å². The van der Waals surface area contributed by atoms with E-state index in [0.29, 0.717) is 0 Å². The monoisotopic (exact) mass is 213 g/mol. The molecule has 1 aromatic rings. The molecule has 0 spiro atoms. The average molecular weight is 213 g/mol. The molecular formula is C10H19N3S. The highest BCUT2D eigenvalue weighted by atomic mass is 32.1. The number of aromatic nitrogens is 1. The Morgan fingerprint density at radius 1 is 1.57 bits per heavy atom. The van der Waals surface area contributed by atoms with Crippen molar-refractivity contribution in [2.24, 2.45) is 5.73 Å². The minimum Gasteiger partial charge on any atom is -0.323 e. The summed E-state index contributed by atoms with van der Waals surface area (Å²) in [6.45, 7) is 3.11. The molecule has 4 heteroatoms. The Bertz CT molecular complexity index is 270. The van der Waals surface area contributed by atoms with Crippen molar-refractivity contribution in [1.29, 1.82) is 0 Å². The van der Waals surface area contributed by atoms with E-state index in [4.69, 9.17) is 5.73 Å². The number of nitrogens with two attached hydrogens (primary N) is 1. The van der Waals surface area contributed by atoms with Crippen LogP contribution >= 0.6 is 11.3 Å². The summed E-state index contributed by atoms with van der Waals surface area (Å²) in [5, 5.41) is 3.17. The minimum atomic E-state index is 0.111. The van der Waals surface area contributed by atoms with Crippen LogP contribution in [0.5, 0.6) is 0 Å². The maximum Gasteiger partial charge on any atom is 0.0898 e. The summed E-state index contributed by atoms with van der Waals surface area (Å²) in [6, 6.07) is 0.111. The van der Waals surface area contributed by atoms with Crippen molar-refractivity contribution in [2.75, 3.05) is 20.6 Å². The van der Waals surface area contributed by atoms with Crippen molar-refractivity contribution in [3.63, 3.8) is 0 Å². The van der Waals surface area contributed by atoms with E-state index in [1.165, 1.54) is 0 Å². The van der Waals surface area contributed by atoms with Gasteiger partial charge < -0.3 is 10.6 Å². The Kier molecular flexibility index (Phi) is 4.51. The van der Waals surface area contributed by atoms with Gasteiger partial charge in [-0.2, -0.15) is 0 Å². The zero-order valence-corrected chi connectivity index (χ0v) is 9.97. The van der Waals surface area contributed by atoms with Gasteiger partial charge in [0.1, 0.15) is 0 Å². The smallest absolute Gasteiger partial charge is 0.0898 e. The van der Waals surface area contributed by atoms with Crippen molar-refractivity contribution >= 4 is 11.3 Å². The van der Waals surface area contributed by atoms with E-state index >= 15 is 0 Å². The van der Waals surface area contributed by atoms with Gasteiger partial charge in [-0.3, -0.25) is 0 Å². The maximum absolute atomic E-state index is 6.02. The zero-order valence-electron chi connectivity index (χ0n) is 9.16. The fourth-order valence-electron chi connectivity index (χ4n) is 1.33. The predicted octanol–water partition coefficient (Wildman–Crippen LogP) is 1.79. The molecule has 1 atom stereocenters. The van der Waals surface area contributed by atoms with Gasteiger partial charge in [0, 0.05) is 11.4 Å². The molecule has 1 unspecified atom stereocenters. The Morgan fingerprint density at radius 3 is 2.79 bits per heavy atom. The van der Waals surface area contributed by atoms with E-state index in [9.17, 15) is 0 Å². The lowest BCUT2D eigenvalue weighted by molar-refractivity contribution is 0.385. The van der Waals surface area contributed by atoms with Crippen LogP contribution in [0, 0.1) is 6.92 Å². The van der Waals surface area contributed by atoms with Gasteiger partial charge in [0.2, 0.25) is 0 Å². The maximum atomic E-state index is 6.02. The second-order valence-electron chi connectivity index (χ2n) is 3.84. The van der Waals surface area contributed by atoms with Crippen LogP contribution in [0.1, 0.15) is 29.6 Å². The first kappa shape index (κ1) is 11.6. The molecular weight excluding hydrogens is 194 g/mol. The number of nitrogens with zero attached hydrogens (tertiary/aromatic N) is 2. The Hall–Kier alpha value is -0.450. The molecule has 80 valence electrons. The molecule has 0 bridgehead atoms. The summed E-state index contributed by atoms with van der Waals surface area (Å²) in [7, 11) is 4.16. The third-order valence-electron chi connectivity index (χ3n) is 2.14. The quantitative estimate of drug-likeness (QED) is 0.811. The first-order chi connectivity index (χ1) is 6.59. The van der Waals surface area contributed by atoms with Gasteiger partial charge in [0.05, 0.1) is 10.7 Å². The van der Waals surface area contributed by atoms with Gasteiger partial charge in [-0.05, 0) is 40.4 Å². The lowest BCUT2D eigenvalue weighted by Crippen LogP contribution is -2.16. The second kappa shape index (κ2) is 5.44. The van der Waals surface area contributed by atoms with Crippen LogP contribution in [-0.4, -0.2) is 30.5 Å². The van der Waals surface area contributed by atoms with Crippen LogP contribution in [0.15, 0.2) is 5.38 Å². The first-order valence-corrected chi connectivity index (χ1v) is 5.80. The van der Waals surface area contributed by atoms with E-state index in [2.05, 4.69) is 29.4 Å². The third-order valence-corrected chi connectivity index (χ3v) is 2.93. The third kappa shape index (κ3) is 3.74. The highest BCUT2D eigenvalue weighted by Crippen LogP contribution is 2.18. The summed E-state index contributed by atoms with van der Waals surface area (Å²) in [4.78, 5) is 6.57. The molecule has 1 heterocycles. The highest BCUT2D eigenvalue weighted by Gasteiger charge is 2.08. The molecule has 0 aliphatic carbocycles. The van der Waals surface area contributed by atoms with Crippen LogP contribution in [0.25, 0.3) is 0 Å². The number of hydrogen-bond acceptors (Lipinski definition) is 4. The second-order valence-corrected chi connectivity index (χ2v) is 4.91. The van der Waals surface area contributed by atoms with Crippen molar-refractivity contribution in [2.45, 2.75) is 25.8 Å². The van der Waals surface area contributed by atoms with Crippen molar-refractivity contribution in [3.8, 4) is 0 Å². The van der Waals surface area contributed by atoms with Crippen molar-refractivity contribution in [1.82, 2.24) is 9.88 Å². The summed E-state index contributed by atoms with van der Waals surface area (Å²) >= 11 is 1.67. The predicted molar refractivity (Wildman–Crippen MR) is 61.6 cm³/mol. The fraction of sp³-hybridized carbons (Fsp3) is 0.700. The number of rotatable bonds is 5. The van der Waals surface area contributed by atoms with Gasteiger partial charge in [-0.25, -0.2) is 4.98 Å². The molecule has 2 N–H and O–H groups in total. The van der Waals surface area contributed by atoms with Crippen molar-refractivity contribution in [3.05, 3.63) is 16.1 Å². The summed E-state index contributed by atoms with van der Waals surface area (Å²) in [5.74, 6) is 0. The van der Waals surface area contributed by atoms with Crippen LogP contribution in [0.4, 0.5) is 0 Å². The van der Waals surface area contributed by atoms with Gasteiger partial charge >= 0.3 is 0 Å². The molecule has 0 saturated heterocycles. The summed E-state index contributed by atoms with van der Waals surface area (Å²) in [6.07, 6.45) is 2.14. The molecule has 14 heavy (non-hydrogen) atoms. The van der Waals surface area contributed by atoms with E-state index in [-0.39, 0.29) is 6.04 Å². The molecule has 1 rings (SSSR count). The fourth-order valence-corrected chi connectivity index (χ4v) is 2.00. The topological polar surface area (TPSA) is 42.1 Å². The first-order valence-electron chi connectivity index (χ1n) is 4.92. The molecule has 0 aromatic carbocycles. The van der Waals surface area contributed by atoms with E-state index in [1.54, 1.807) is 11.3 Å². The highest BCUT2D eigenvalue weighted by molar-refractivity contribution is 7.09. The van der Waals surface area contributed by atoms with Crippen LogP contribution in [0.3, 0.4) is 0 Å². The lowest BCUT2D eigenvalue weighted by atomic mass is 10.1. The largest absolute Gasteiger partial charge is 0.323 e. The molecule has 0 fully saturated rings. The number of aryl methyl sites for hydroxylation is 1. The van der Waals surface area contributed by atoms with Gasteiger partial charge in [-0.15, -0.1) is 11.3 Å². The summed E-state index contributed by atoms with van der Waals surface area (Å²) in [5.41, 5.74) is 7.07. The van der Waals surface area contributed by atoms with Crippen LogP contribution < -0.4 is 5.73 Å². The van der Waals surface area contributed by atoms with E-state index in [0.717, 1.165) is 30.1 Å². The molecule has 0 aliphatic rings. The van der Waals surface area contributed by atoms with Crippen LogP contribution in [0.2, 0.25) is 0 Å².